The van der Waals surface area contributed by atoms with Gasteiger partial charge in [0.1, 0.15) is 45.3 Å². The Balaban J connectivity index is 0.000000671. The molecule has 2 N–H and O–H groups in total. The zero-order valence-electron chi connectivity index (χ0n) is 47.3. The van der Waals surface area contributed by atoms with E-state index in [-0.39, 0.29) is 53.2 Å². The number of halogens is 4. The standard InChI is InChI=1S/C50H68N2O8P2.C8H12.BF4.Rh/c1-47(2,3)37-25-29(53-13)21-33-34-22-30(54-14)26-38(48(4,5)6)44(34)58-61(57-43(33)37)51-41-19-17-18-20-42(41)52-62-59-45-35(23-31(55-15)27-39(45)49(7,8)9)36-24-32(56-16)28-40(46(36)60-62)50(10,11)12;1-2-4-6-8-7-5-3-1;2-1(3,4)5;/h21-28,41-42,51-52H,17-20H2,1-16H3;1-2,7-8H,3-6H2;;/q;;-1;/b;2-1-,8-7-;;/t41-,42-;;;/m1.../s1. The summed E-state index contributed by atoms with van der Waals surface area (Å²) >= 11 is 0. The third kappa shape index (κ3) is 16.1. The monoisotopic (exact) mass is 1180 g/mol. The van der Waals surface area contributed by atoms with Crippen LogP contribution in [-0.4, -0.2) is 47.8 Å². The quantitative estimate of drug-likeness (QED) is 0.0868. The van der Waals surface area contributed by atoms with E-state index in [0.717, 1.165) is 115 Å². The summed E-state index contributed by atoms with van der Waals surface area (Å²) in [7, 11) is -2.59. The van der Waals surface area contributed by atoms with Gasteiger partial charge in [0.2, 0.25) is 0 Å². The van der Waals surface area contributed by atoms with Gasteiger partial charge in [0.05, 0.1) is 28.4 Å². The van der Waals surface area contributed by atoms with E-state index < -0.39 is 23.6 Å². The van der Waals surface area contributed by atoms with Crippen molar-refractivity contribution in [2.75, 3.05) is 38.6 Å². The molecular weight excluding hydrogens is 1100 g/mol. The van der Waals surface area contributed by atoms with Crippen molar-refractivity contribution in [2.45, 2.75) is 168 Å². The second-order valence-electron chi connectivity index (χ2n) is 23.4. The molecule has 0 bridgehead atoms. The first kappa shape index (κ1) is 62.5. The van der Waals surface area contributed by atoms with E-state index >= 15 is 0 Å². The summed E-state index contributed by atoms with van der Waals surface area (Å²) in [6, 6.07) is 16.6. The molecule has 1 radical (unpaired) electrons. The fourth-order valence-corrected chi connectivity index (χ4v) is 12.2. The van der Waals surface area contributed by atoms with Gasteiger partial charge in [-0.05, 0) is 109 Å². The Kier molecular flexibility index (Phi) is 21.1. The molecule has 10 nitrogen and oxygen atoms in total. The minimum atomic E-state index is -6.00. The smallest absolute Gasteiger partial charge is 0.497 e. The Labute approximate surface area is 462 Å². The van der Waals surface area contributed by atoms with Crippen LogP contribution in [0.15, 0.2) is 89.6 Å². The van der Waals surface area contributed by atoms with Crippen molar-refractivity contribution in [3.05, 3.63) is 95.1 Å². The predicted molar refractivity (Wildman–Crippen MR) is 305 cm³/mol. The van der Waals surface area contributed by atoms with E-state index in [4.69, 9.17) is 35.7 Å². The Morgan fingerprint density at radius 2 is 0.632 bits per heavy atom. The summed E-state index contributed by atoms with van der Waals surface area (Å²) in [6.45, 7) is 26.4. The van der Waals surface area contributed by atoms with E-state index in [0.29, 0.717) is 0 Å². The van der Waals surface area contributed by atoms with Crippen LogP contribution in [0.1, 0.15) is 157 Å². The maximum absolute atomic E-state index is 9.75. The third-order valence-electron chi connectivity index (χ3n) is 13.3. The summed E-state index contributed by atoms with van der Waals surface area (Å²) in [5.74, 6) is 3.03. The van der Waals surface area contributed by atoms with Crippen LogP contribution in [0.25, 0.3) is 43.9 Å². The van der Waals surface area contributed by atoms with Gasteiger partial charge in [-0.15, -0.1) is 0 Å². The maximum Gasteiger partial charge on any atom is 0.673 e. The molecule has 0 unspecified atom stereocenters. The van der Waals surface area contributed by atoms with Crippen LogP contribution in [0, 0.1) is 0 Å². The van der Waals surface area contributed by atoms with Crippen molar-refractivity contribution in [3.8, 4) is 23.0 Å². The molecule has 1 saturated carbocycles. The minimum Gasteiger partial charge on any atom is -0.497 e. The first-order valence-electron chi connectivity index (χ1n) is 26.0. The van der Waals surface area contributed by atoms with Crippen LogP contribution in [-0.2, 0) is 41.1 Å². The second-order valence-corrected chi connectivity index (χ2v) is 25.7. The summed E-state index contributed by atoms with van der Waals surface area (Å²) in [6.07, 6.45) is 18.0. The van der Waals surface area contributed by atoms with Crippen LogP contribution in [0.3, 0.4) is 0 Å². The summed E-state index contributed by atoms with van der Waals surface area (Å²) in [5, 5.41) is 11.6. The number of rotatable bonds is 8. The zero-order chi connectivity index (χ0) is 55.3. The number of benzene rings is 4. The Bertz CT molecular complexity index is 2710. The van der Waals surface area contributed by atoms with Crippen LogP contribution in [0.4, 0.5) is 17.3 Å². The van der Waals surface area contributed by atoms with Crippen LogP contribution >= 0.6 is 16.3 Å². The molecule has 2 aliphatic carbocycles. The van der Waals surface area contributed by atoms with E-state index in [1.165, 1.54) is 25.7 Å². The molecule has 8 rings (SSSR count). The summed E-state index contributed by atoms with van der Waals surface area (Å²) in [4.78, 5) is 0. The van der Waals surface area contributed by atoms with Crippen molar-refractivity contribution in [1.29, 1.82) is 0 Å². The Morgan fingerprint density at radius 1 is 0.421 bits per heavy atom. The molecule has 76 heavy (non-hydrogen) atoms. The average molecular weight is 1180 g/mol. The van der Waals surface area contributed by atoms with Gasteiger partial charge in [0, 0.05) is 75.4 Å². The second kappa shape index (κ2) is 25.7. The Hall–Kier alpha value is -4.31. The normalized spacial score (nSPS) is 17.3. The molecule has 4 aromatic carbocycles. The average Bonchev–Trinajstić information content (AvgIpc) is 3.55. The molecule has 0 spiro atoms. The number of hydrogen-bond donors (Lipinski definition) is 2. The summed E-state index contributed by atoms with van der Waals surface area (Å²) < 4.78 is 91.3. The molecule has 2 aromatic heterocycles. The van der Waals surface area contributed by atoms with E-state index in [2.05, 4.69) is 166 Å². The first-order chi connectivity index (χ1) is 35.0. The SMILES string of the molecule is C1=C\CC/C=C\CC/1.COc1cc(C(C)(C)C)c2op(N[C@@H]3CCCC[C@H]3Np3oc4c(C(C)(C)C)cc(OC)cc4c4cc(OC)cc(C(C)(C)C)c4o3)oc3c(C(C)(C)C)cc(OC)cc3c2c1.F[B-](F)(F)F.[Rh]. The van der Waals surface area contributed by atoms with Gasteiger partial charge in [-0.1, -0.05) is 120 Å². The predicted octanol–water partition coefficient (Wildman–Crippen LogP) is 19.2. The number of allylic oxidation sites excluding steroid dienone is 4. The maximum atomic E-state index is 9.75. The fourth-order valence-electron chi connectivity index (χ4n) is 9.34. The van der Waals surface area contributed by atoms with Crippen LogP contribution < -0.4 is 29.1 Å². The molecule has 0 saturated heterocycles. The van der Waals surface area contributed by atoms with Gasteiger partial charge < -0.3 is 53.0 Å². The molecule has 1 fully saturated rings. The molecule has 2 aliphatic rings. The molecule has 421 valence electrons. The van der Waals surface area contributed by atoms with Gasteiger partial charge in [-0.25, -0.2) is 10.2 Å². The van der Waals surface area contributed by atoms with E-state index in [9.17, 15) is 17.3 Å². The van der Waals surface area contributed by atoms with Crippen molar-refractivity contribution in [1.82, 2.24) is 0 Å². The van der Waals surface area contributed by atoms with Gasteiger partial charge in [-0.3, -0.25) is 0 Å². The zero-order valence-corrected chi connectivity index (χ0v) is 50.8. The van der Waals surface area contributed by atoms with Crippen molar-refractivity contribution >= 4 is 67.5 Å². The molecule has 6 aromatic rings. The molecular formula is C58H80BF4N2O8P2Rh-. The molecule has 0 amide bonds. The Morgan fingerprint density at radius 3 is 0.816 bits per heavy atom. The molecule has 0 aliphatic heterocycles. The van der Waals surface area contributed by atoms with Gasteiger partial charge in [-0.2, -0.15) is 0 Å². The first-order valence-corrected chi connectivity index (χ1v) is 28.3. The van der Waals surface area contributed by atoms with E-state index in [1.807, 2.05) is 0 Å². The van der Waals surface area contributed by atoms with Crippen molar-refractivity contribution in [3.63, 3.8) is 0 Å². The molecule has 2 atom stereocenters. The third-order valence-corrected chi connectivity index (χ3v) is 15.8. The summed E-state index contributed by atoms with van der Waals surface area (Å²) in [5.41, 5.74) is 6.23. The van der Waals surface area contributed by atoms with Gasteiger partial charge in [0.15, 0.2) is 0 Å². The van der Waals surface area contributed by atoms with Gasteiger partial charge in [0.25, 0.3) is 0 Å². The van der Waals surface area contributed by atoms with Crippen LogP contribution in [0.5, 0.6) is 23.0 Å². The van der Waals surface area contributed by atoms with Crippen molar-refractivity contribution < 1.29 is 72.5 Å². The molecule has 2 heterocycles. The van der Waals surface area contributed by atoms with E-state index in [1.54, 1.807) is 28.4 Å². The number of hydrogen-bond acceptors (Lipinski definition) is 10. The number of methoxy groups -OCH3 is 4. The number of ether oxygens (including phenoxy) is 4. The number of fused-ring (bicyclic) bond motifs is 6. The van der Waals surface area contributed by atoms with Gasteiger partial charge >= 0.3 is 23.6 Å². The van der Waals surface area contributed by atoms with Crippen LogP contribution in [0.2, 0.25) is 0 Å². The topological polar surface area (TPSA) is 114 Å². The number of nitrogens with one attached hydrogen (secondary N) is 2. The largest absolute Gasteiger partial charge is 0.673 e. The molecule has 18 heteroatoms. The minimum absolute atomic E-state index is 0. The fraction of sp³-hybridized carbons (Fsp3) is 0.517. The van der Waals surface area contributed by atoms with Crippen molar-refractivity contribution in [2.24, 2.45) is 0 Å².